The molecule has 5 heteroatoms. The molecular formula is C10H14ClNO3. The molecule has 0 heterocycles. The Morgan fingerprint density at radius 1 is 1.40 bits per heavy atom. The van der Waals surface area contributed by atoms with Crippen LogP contribution in [0.3, 0.4) is 0 Å². The van der Waals surface area contributed by atoms with Crippen LogP contribution in [0.5, 0.6) is 0 Å². The van der Waals surface area contributed by atoms with Gasteiger partial charge in [0.1, 0.15) is 6.61 Å². The second-order valence-corrected chi connectivity index (χ2v) is 2.84. The maximum atomic E-state index is 11.0. The van der Waals surface area contributed by atoms with Crippen molar-refractivity contribution in [1.29, 1.82) is 0 Å². The number of aliphatic hydroxyl groups is 1. The van der Waals surface area contributed by atoms with E-state index in [0.29, 0.717) is 0 Å². The van der Waals surface area contributed by atoms with Gasteiger partial charge >= 0.3 is 5.97 Å². The summed E-state index contributed by atoms with van der Waals surface area (Å²) in [7, 11) is 0. The van der Waals surface area contributed by atoms with Gasteiger partial charge in [0, 0.05) is 6.54 Å². The minimum atomic E-state index is -1.22. The first-order valence-corrected chi connectivity index (χ1v) is 4.32. The molecule has 0 aliphatic heterocycles. The molecule has 0 amide bonds. The highest BCUT2D eigenvalue weighted by molar-refractivity contribution is 5.85. The van der Waals surface area contributed by atoms with Crippen molar-refractivity contribution in [2.45, 2.75) is 12.7 Å². The minimum Gasteiger partial charge on any atom is -0.459 e. The Morgan fingerprint density at radius 3 is 2.53 bits per heavy atom. The Morgan fingerprint density at radius 2 is 2.00 bits per heavy atom. The van der Waals surface area contributed by atoms with Gasteiger partial charge in [-0.15, -0.1) is 12.4 Å². The number of carbonyl (C=O) groups is 1. The summed E-state index contributed by atoms with van der Waals surface area (Å²) in [6, 6.07) is 9.25. The van der Waals surface area contributed by atoms with Crippen LogP contribution in [-0.2, 0) is 16.1 Å². The number of ether oxygens (including phenoxy) is 1. The summed E-state index contributed by atoms with van der Waals surface area (Å²) in [6.45, 7) is 0.0460. The fourth-order valence-electron chi connectivity index (χ4n) is 0.921. The summed E-state index contributed by atoms with van der Waals surface area (Å²) in [5.74, 6) is -0.684. The highest BCUT2D eigenvalue weighted by atomic mass is 35.5. The van der Waals surface area contributed by atoms with Crippen LogP contribution in [0.4, 0.5) is 0 Å². The van der Waals surface area contributed by atoms with E-state index in [1.54, 1.807) is 0 Å². The van der Waals surface area contributed by atoms with Gasteiger partial charge in [-0.3, -0.25) is 0 Å². The Labute approximate surface area is 94.5 Å². The van der Waals surface area contributed by atoms with E-state index < -0.39 is 12.1 Å². The predicted molar refractivity (Wildman–Crippen MR) is 58.5 cm³/mol. The van der Waals surface area contributed by atoms with Gasteiger partial charge in [0.05, 0.1) is 0 Å². The van der Waals surface area contributed by atoms with Gasteiger partial charge in [-0.05, 0) is 5.56 Å². The molecule has 0 aliphatic carbocycles. The highest BCUT2D eigenvalue weighted by Gasteiger charge is 2.13. The fourth-order valence-corrected chi connectivity index (χ4v) is 0.921. The van der Waals surface area contributed by atoms with Crippen LogP contribution in [0.25, 0.3) is 0 Å². The van der Waals surface area contributed by atoms with Crippen molar-refractivity contribution in [2.24, 2.45) is 5.73 Å². The third kappa shape index (κ3) is 4.78. The maximum Gasteiger partial charge on any atom is 0.336 e. The highest BCUT2D eigenvalue weighted by Crippen LogP contribution is 2.01. The molecular weight excluding hydrogens is 218 g/mol. The van der Waals surface area contributed by atoms with E-state index in [4.69, 9.17) is 15.6 Å². The van der Waals surface area contributed by atoms with E-state index in [9.17, 15) is 4.79 Å². The van der Waals surface area contributed by atoms with Crippen molar-refractivity contribution in [2.75, 3.05) is 6.54 Å². The van der Waals surface area contributed by atoms with Crippen LogP contribution in [0, 0.1) is 0 Å². The first-order valence-electron chi connectivity index (χ1n) is 4.32. The van der Waals surface area contributed by atoms with Gasteiger partial charge < -0.3 is 15.6 Å². The molecule has 1 aromatic rings. The zero-order valence-corrected chi connectivity index (χ0v) is 8.94. The van der Waals surface area contributed by atoms with Crippen molar-refractivity contribution in [3.05, 3.63) is 35.9 Å². The number of carbonyl (C=O) groups excluding carboxylic acids is 1. The molecule has 0 aliphatic rings. The SMILES string of the molecule is Cl.NC[C@@H](O)C(=O)OCc1ccccc1. The zero-order chi connectivity index (χ0) is 10.4. The van der Waals surface area contributed by atoms with E-state index >= 15 is 0 Å². The smallest absolute Gasteiger partial charge is 0.336 e. The Bertz CT molecular complexity index is 292. The molecule has 0 unspecified atom stereocenters. The van der Waals surface area contributed by atoms with Crippen molar-refractivity contribution >= 4 is 18.4 Å². The quantitative estimate of drug-likeness (QED) is 0.739. The number of nitrogens with two attached hydrogens (primary N) is 1. The molecule has 0 spiro atoms. The molecule has 0 saturated carbocycles. The molecule has 0 fully saturated rings. The van der Waals surface area contributed by atoms with Crippen LogP contribution in [-0.4, -0.2) is 23.7 Å². The minimum absolute atomic E-state index is 0. The van der Waals surface area contributed by atoms with Gasteiger partial charge in [-0.1, -0.05) is 30.3 Å². The van der Waals surface area contributed by atoms with Crippen molar-refractivity contribution < 1.29 is 14.6 Å². The maximum absolute atomic E-state index is 11.0. The summed E-state index contributed by atoms with van der Waals surface area (Å²) >= 11 is 0. The number of benzene rings is 1. The summed E-state index contributed by atoms with van der Waals surface area (Å²) in [5.41, 5.74) is 5.97. The van der Waals surface area contributed by atoms with Crippen LogP contribution >= 0.6 is 12.4 Å². The first kappa shape index (κ1) is 13.9. The first-order chi connectivity index (χ1) is 6.74. The van der Waals surface area contributed by atoms with Crippen LogP contribution < -0.4 is 5.73 Å². The van der Waals surface area contributed by atoms with Gasteiger partial charge in [0.15, 0.2) is 6.10 Å². The topological polar surface area (TPSA) is 72.5 Å². The molecule has 0 radical (unpaired) electrons. The monoisotopic (exact) mass is 231 g/mol. The molecule has 0 bridgehead atoms. The van der Waals surface area contributed by atoms with Gasteiger partial charge in [0.25, 0.3) is 0 Å². The second-order valence-electron chi connectivity index (χ2n) is 2.84. The molecule has 15 heavy (non-hydrogen) atoms. The van der Waals surface area contributed by atoms with Gasteiger partial charge in [-0.2, -0.15) is 0 Å². The summed E-state index contributed by atoms with van der Waals surface area (Å²) < 4.78 is 4.81. The third-order valence-corrected chi connectivity index (χ3v) is 1.72. The molecule has 1 atom stereocenters. The van der Waals surface area contributed by atoms with Crippen molar-refractivity contribution in [3.63, 3.8) is 0 Å². The molecule has 1 rings (SSSR count). The van der Waals surface area contributed by atoms with Gasteiger partial charge in [-0.25, -0.2) is 4.79 Å². The normalized spacial score (nSPS) is 11.3. The van der Waals surface area contributed by atoms with E-state index in [-0.39, 0.29) is 25.6 Å². The lowest BCUT2D eigenvalue weighted by atomic mass is 10.2. The number of hydrogen-bond donors (Lipinski definition) is 2. The largest absolute Gasteiger partial charge is 0.459 e. The average molecular weight is 232 g/mol. The van der Waals surface area contributed by atoms with Gasteiger partial charge in [0.2, 0.25) is 0 Å². The zero-order valence-electron chi connectivity index (χ0n) is 8.13. The lowest BCUT2D eigenvalue weighted by Gasteiger charge is -2.08. The Balaban J connectivity index is 0.00000196. The lowest BCUT2D eigenvalue weighted by Crippen LogP contribution is -2.30. The number of rotatable bonds is 4. The van der Waals surface area contributed by atoms with Crippen LogP contribution in [0.15, 0.2) is 30.3 Å². The van der Waals surface area contributed by atoms with Crippen LogP contribution in [0.1, 0.15) is 5.56 Å². The van der Waals surface area contributed by atoms with E-state index in [0.717, 1.165) is 5.56 Å². The summed E-state index contributed by atoms with van der Waals surface area (Å²) in [4.78, 5) is 11.0. The Hall–Kier alpha value is -1.10. The van der Waals surface area contributed by atoms with Crippen molar-refractivity contribution in [3.8, 4) is 0 Å². The molecule has 0 saturated heterocycles. The van der Waals surface area contributed by atoms with E-state index in [1.165, 1.54) is 0 Å². The Kier molecular flexibility index (Phi) is 6.70. The number of halogens is 1. The summed E-state index contributed by atoms with van der Waals surface area (Å²) in [6.07, 6.45) is -1.22. The number of hydrogen-bond acceptors (Lipinski definition) is 4. The molecule has 3 N–H and O–H groups in total. The molecule has 0 aromatic heterocycles. The molecule has 84 valence electrons. The number of esters is 1. The average Bonchev–Trinajstić information content (AvgIpc) is 2.26. The summed E-state index contributed by atoms with van der Waals surface area (Å²) in [5, 5.41) is 9.00. The third-order valence-electron chi connectivity index (χ3n) is 1.72. The number of aliphatic hydroxyl groups excluding tert-OH is 1. The second kappa shape index (κ2) is 7.23. The lowest BCUT2D eigenvalue weighted by molar-refractivity contribution is -0.154. The molecule has 1 aromatic carbocycles. The van der Waals surface area contributed by atoms with E-state index in [1.807, 2.05) is 30.3 Å². The van der Waals surface area contributed by atoms with Crippen LogP contribution in [0.2, 0.25) is 0 Å². The van der Waals surface area contributed by atoms with E-state index in [2.05, 4.69) is 0 Å². The molecule has 4 nitrogen and oxygen atoms in total. The fraction of sp³-hybridized carbons (Fsp3) is 0.300. The standard InChI is InChI=1S/C10H13NO3.ClH/c11-6-9(12)10(13)14-7-8-4-2-1-3-5-8;/h1-5,9,12H,6-7,11H2;1H/t9-;/m1./s1. The van der Waals surface area contributed by atoms with Crippen molar-refractivity contribution in [1.82, 2.24) is 0 Å². The predicted octanol–water partition coefficient (Wildman–Crippen LogP) is 0.471.